The van der Waals surface area contributed by atoms with Crippen molar-refractivity contribution in [2.24, 2.45) is 0 Å². The third kappa shape index (κ3) is 3.48. The van der Waals surface area contributed by atoms with Gasteiger partial charge in [-0.3, -0.25) is 0 Å². The maximum Gasteiger partial charge on any atom is 0.340 e. The van der Waals surface area contributed by atoms with Crippen LogP contribution >= 0.6 is 0 Å². The van der Waals surface area contributed by atoms with Crippen molar-refractivity contribution in [1.29, 1.82) is 0 Å². The zero-order valence-electron chi connectivity index (χ0n) is 20.5. The van der Waals surface area contributed by atoms with E-state index in [-0.39, 0.29) is 5.97 Å². The minimum atomic E-state index is -1.04. The molecule has 3 aromatic rings. The molecule has 0 aromatic heterocycles. The summed E-state index contributed by atoms with van der Waals surface area (Å²) in [7, 11) is 0. The molecule has 3 aromatic carbocycles. The van der Waals surface area contributed by atoms with Gasteiger partial charge in [-0.2, -0.15) is 0 Å². The first-order chi connectivity index (χ1) is 17.1. The average molecular weight is 469 g/mol. The number of rotatable bonds is 5. The Morgan fingerprint density at radius 2 is 1.60 bits per heavy atom. The van der Waals surface area contributed by atoms with E-state index in [2.05, 4.69) is 48.3 Å². The number of ether oxygens (including phenoxy) is 2. The van der Waals surface area contributed by atoms with E-state index in [9.17, 15) is 4.79 Å². The number of nitrogens with one attached hydrogen (secondary N) is 1. The second-order valence-corrected chi connectivity index (χ2v) is 9.76. The largest absolute Gasteiger partial charge is 0.456 e. The Bertz CT molecular complexity index is 1280. The molecule has 6 rings (SSSR count). The molecule has 1 fully saturated rings. The molecule has 5 nitrogen and oxygen atoms in total. The second kappa shape index (κ2) is 8.63. The van der Waals surface area contributed by atoms with Crippen molar-refractivity contribution in [1.82, 2.24) is 0 Å². The minimum Gasteiger partial charge on any atom is -0.456 e. The summed E-state index contributed by atoms with van der Waals surface area (Å²) >= 11 is 0. The molecule has 0 bridgehead atoms. The minimum absolute atomic E-state index is 0.293. The first-order valence-corrected chi connectivity index (χ1v) is 12.9. The highest BCUT2D eigenvalue weighted by atomic mass is 16.6. The first-order valence-electron chi connectivity index (χ1n) is 12.9. The van der Waals surface area contributed by atoms with Gasteiger partial charge < -0.3 is 19.7 Å². The number of esters is 1. The van der Waals surface area contributed by atoms with Gasteiger partial charge in [0.1, 0.15) is 11.5 Å². The Morgan fingerprint density at radius 3 is 2.37 bits per heavy atom. The average Bonchev–Trinajstić information content (AvgIpc) is 3.19. The summed E-state index contributed by atoms with van der Waals surface area (Å²) < 4.78 is 12.8. The van der Waals surface area contributed by atoms with Gasteiger partial charge in [-0.15, -0.1) is 0 Å². The van der Waals surface area contributed by atoms with Crippen LogP contribution in [-0.4, -0.2) is 25.1 Å². The molecular formula is C30H32N2O3. The van der Waals surface area contributed by atoms with Gasteiger partial charge in [0.25, 0.3) is 0 Å². The first kappa shape index (κ1) is 22.0. The normalized spacial score (nSPS) is 20.5. The fourth-order valence-corrected chi connectivity index (χ4v) is 6.01. The van der Waals surface area contributed by atoms with E-state index >= 15 is 0 Å². The van der Waals surface area contributed by atoms with E-state index in [1.807, 2.05) is 36.4 Å². The number of nitrogens with zero attached hydrogens (tertiary/aromatic N) is 1. The van der Waals surface area contributed by atoms with Gasteiger partial charge in [-0.25, -0.2) is 4.79 Å². The van der Waals surface area contributed by atoms with Crippen molar-refractivity contribution in [3.8, 4) is 11.5 Å². The van der Waals surface area contributed by atoms with Crippen molar-refractivity contribution >= 4 is 17.3 Å². The Labute approximate surface area is 207 Å². The van der Waals surface area contributed by atoms with Crippen LogP contribution in [0.2, 0.25) is 0 Å². The second-order valence-electron chi connectivity index (χ2n) is 9.76. The molecule has 0 amide bonds. The molecule has 1 aliphatic carbocycles. The lowest BCUT2D eigenvalue weighted by molar-refractivity contribution is 0.0224. The molecule has 0 radical (unpaired) electrons. The lowest BCUT2D eigenvalue weighted by Gasteiger charge is -2.38. The Hall–Kier alpha value is -3.47. The Kier molecular flexibility index (Phi) is 5.43. The molecule has 180 valence electrons. The molecule has 1 N–H and O–H groups in total. The van der Waals surface area contributed by atoms with Crippen LogP contribution in [0.5, 0.6) is 11.5 Å². The highest BCUT2D eigenvalue weighted by Crippen LogP contribution is 2.57. The number of fused-ring (bicyclic) bond motifs is 6. The maximum absolute atomic E-state index is 13.2. The Balaban J connectivity index is 1.54. The van der Waals surface area contributed by atoms with Crippen LogP contribution in [-0.2, 0) is 10.3 Å². The van der Waals surface area contributed by atoms with Crippen LogP contribution in [0.25, 0.3) is 0 Å². The quantitative estimate of drug-likeness (QED) is 0.415. The molecule has 1 atom stereocenters. The van der Waals surface area contributed by atoms with Crippen molar-refractivity contribution in [3.63, 3.8) is 0 Å². The van der Waals surface area contributed by atoms with Gasteiger partial charge in [0.05, 0.1) is 5.56 Å². The molecule has 2 aliphatic heterocycles. The van der Waals surface area contributed by atoms with Crippen molar-refractivity contribution in [2.75, 3.05) is 23.3 Å². The molecule has 1 unspecified atom stereocenters. The van der Waals surface area contributed by atoms with E-state index in [0.29, 0.717) is 11.6 Å². The van der Waals surface area contributed by atoms with Gasteiger partial charge in [-0.1, -0.05) is 37.5 Å². The van der Waals surface area contributed by atoms with Gasteiger partial charge in [-0.05, 0) is 69.2 Å². The number of benzene rings is 3. The molecule has 2 heterocycles. The smallest absolute Gasteiger partial charge is 0.340 e. The van der Waals surface area contributed by atoms with E-state index < -0.39 is 5.60 Å². The lowest BCUT2D eigenvalue weighted by Crippen LogP contribution is -2.34. The standard InChI is InChI=1S/C30H32N2O3/c1-3-32(4-2)22-15-17-28-26(19-22)30(24-13-9-8-12-23(24)29(33)35-30)25-18-21(14-16-27(25)34-28)31-20-10-6-5-7-11-20/h8-9,12-20,31H,3-7,10-11H2,1-2H3. The molecule has 1 saturated carbocycles. The summed E-state index contributed by atoms with van der Waals surface area (Å²) in [4.78, 5) is 15.5. The maximum atomic E-state index is 13.2. The predicted molar refractivity (Wildman–Crippen MR) is 139 cm³/mol. The molecule has 3 aliphatic rings. The highest BCUT2D eigenvalue weighted by Gasteiger charge is 2.53. The third-order valence-corrected chi connectivity index (χ3v) is 7.80. The monoisotopic (exact) mass is 468 g/mol. The molecule has 1 spiro atoms. The summed E-state index contributed by atoms with van der Waals surface area (Å²) in [6, 6.07) is 20.7. The number of carbonyl (C=O) groups is 1. The summed E-state index contributed by atoms with van der Waals surface area (Å²) in [5.74, 6) is 1.16. The summed E-state index contributed by atoms with van der Waals surface area (Å²) in [6.07, 6.45) is 6.22. The van der Waals surface area contributed by atoms with E-state index in [4.69, 9.17) is 9.47 Å². The van der Waals surface area contributed by atoms with Crippen LogP contribution < -0.4 is 15.0 Å². The molecular weight excluding hydrogens is 436 g/mol. The van der Waals surface area contributed by atoms with Gasteiger partial charge in [0, 0.05) is 47.2 Å². The van der Waals surface area contributed by atoms with Crippen molar-refractivity contribution in [3.05, 3.63) is 82.9 Å². The number of carbonyl (C=O) groups excluding carboxylic acids is 1. The van der Waals surface area contributed by atoms with Gasteiger partial charge in [0.2, 0.25) is 0 Å². The number of hydrogen-bond donors (Lipinski definition) is 1. The molecule has 5 heteroatoms. The highest BCUT2D eigenvalue weighted by molar-refractivity contribution is 5.97. The molecule has 0 saturated heterocycles. The van der Waals surface area contributed by atoms with Gasteiger partial charge >= 0.3 is 5.97 Å². The fraction of sp³-hybridized carbons (Fsp3) is 0.367. The topological polar surface area (TPSA) is 50.8 Å². The van der Waals surface area contributed by atoms with Gasteiger partial charge in [0.15, 0.2) is 5.60 Å². The van der Waals surface area contributed by atoms with E-state index in [0.717, 1.165) is 52.7 Å². The summed E-state index contributed by atoms with van der Waals surface area (Å²) in [5.41, 5.74) is 4.35. The van der Waals surface area contributed by atoms with Crippen molar-refractivity contribution in [2.45, 2.75) is 57.6 Å². The Morgan fingerprint density at radius 1 is 0.886 bits per heavy atom. The zero-order chi connectivity index (χ0) is 24.0. The van der Waals surface area contributed by atoms with Crippen molar-refractivity contribution < 1.29 is 14.3 Å². The lowest BCUT2D eigenvalue weighted by atomic mass is 9.77. The summed E-state index contributed by atoms with van der Waals surface area (Å²) in [5, 5.41) is 3.74. The van der Waals surface area contributed by atoms with E-state index in [1.165, 1.54) is 32.1 Å². The number of hydrogen-bond acceptors (Lipinski definition) is 5. The van der Waals surface area contributed by atoms with Crippen LogP contribution in [0.15, 0.2) is 60.7 Å². The number of anilines is 2. The fourth-order valence-electron chi connectivity index (χ4n) is 6.01. The summed E-state index contributed by atoms with van der Waals surface area (Å²) in [6.45, 7) is 6.09. The zero-order valence-corrected chi connectivity index (χ0v) is 20.5. The predicted octanol–water partition coefficient (Wildman–Crippen LogP) is 6.85. The third-order valence-electron chi connectivity index (χ3n) is 7.80. The SMILES string of the molecule is CCN(CC)c1ccc2c(c1)C1(OC(=O)c3ccccc31)c1cc(NC3CCCCC3)ccc1O2. The van der Waals surface area contributed by atoms with E-state index in [1.54, 1.807) is 0 Å². The van der Waals surface area contributed by atoms with Crippen LogP contribution in [0.4, 0.5) is 11.4 Å². The van der Waals surface area contributed by atoms with Crippen LogP contribution in [0, 0.1) is 0 Å². The van der Waals surface area contributed by atoms with Crippen LogP contribution in [0.1, 0.15) is 73.0 Å². The van der Waals surface area contributed by atoms with Crippen LogP contribution in [0.3, 0.4) is 0 Å². The molecule has 35 heavy (non-hydrogen) atoms.